The molecule has 1 saturated carbocycles. The molecule has 0 atom stereocenters. The number of anilines is 1. The summed E-state index contributed by atoms with van der Waals surface area (Å²) in [5.41, 5.74) is 6.76. The lowest BCUT2D eigenvalue weighted by Gasteiger charge is -2.55. The lowest BCUT2D eigenvalue weighted by atomic mass is 9.71. The fraction of sp³-hybridized carbons (Fsp3) is 0.455. The summed E-state index contributed by atoms with van der Waals surface area (Å²) in [6.07, 6.45) is 7.92. The number of sulfone groups is 1. The Morgan fingerprint density at radius 2 is 1.61 bits per heavy atom. The number of likely N-dealkylation sites (tertiary alicyclic amines) is 1. The largest absolute Gasteiger partial charge is 0.371 e. The second-order valence-electron chi connectivity index (χ2n) is 13.0. The molecule has 7 rings (SSSR count). The van der Waals surface area contributed by atoms with Crippen molar-refractivity contribution < 1.29 is 8.42 Å². The molecule has 8 heteroatoms. The number of benzene rings is 2. The number of imidazole rings is 1. The van der Waals surface area contributed by atoms with E-state index in [-0.39, 0.29) is 0 Å². The average Bonchev–Trinajstić information content (AvgIpc) is 3.71. The zero-order valence-electron chi connectivity index (χ0n) is 24.3. The van der Waals surface area contributed by atoms with Crippen LogP contribution in [0.2, 0.25) is 0 Å². The summed E-state index contributed by atoms with van der Waals surface area (Å²) in [7, 11) is -3.24. The van der Waals surface area contributed by atoms with E-state index in [4.69, 9.17) is 9.97 Å². The summed E-state index contributed by atoms with van der Waals surface area (Å²) in [6.45, 7) is 10.7. The van der Waals surface area contributed by atoms with Crippen LogP contribution in [0.1, 0.15) is 45.6 Å². The Labute approximate surface area is 243 Å². The first-order valence-corrected chi connectivity index (χ1v) is 16.8. The monoisotopic (exact) mass is 569 g/mol. The Morgan fingerprint density at radius 3 is 2.22 bits per heavy atom. The van der Waals surface area contributed by atoms with Gasteiger partial charge in [-0.15, -0.1) is 0 Å². The second-order valence-corrected chi connectivity index (χ2v) is 15.0. The summed E-state index contributed by atoms with van der Waals surface area (Å²) < 4.78 is 26.2. The molecular weight excluding hydrogens is 530 g/mol. The molecule has 214 valence electrons. The summed E-state index contributed by atoms with van der Waals surface area (Å²) in [5, 5.41) is 0. The van der Waals surface area contributed by atoms with Crippen LogP contribution in [0.5, 0.6) is 0 Å². The van der Waals surface area contributed by atoms with Crippen LogP contribution in [0.15, 0.2) is 65.7 Å². The Morgan fingerprint density at radius 1 is 0.951 bits per heavy atom. The van der Waals surface area contributed by atoms with Crippen LogP contribution in [0.4, 0.5) is 5.69 Å². The predicted octanol–water partition coefficient (Wildman–Crippen LogP) is 6.06. The number of hydrogen-bond acceptors (Lipinski definition) is 6. The van der Waals surface area contributed by atoms with Crippen molar-refractivity contribution in [1.82, 2.24) is 19.4 Å². The van der Waals surface area contributed by atoms with Crippen LogP contribution in [0, 0.1) is 11.3 Å². The fourth-order valence-electron chi connectivity index (χ4n) is 6.86. The number of nitrogens with zero attached hydrogens (tertiary/aromatic N) is 5. The molecule has 2 aromatic heterocycles. The highest BCUT2D eigenvalue weighted by atomic mass is 32.2. The molecule has 0 bridgehead atoms. The van der Waals surface area contributed by atoms with Crippen molar-refractivity contribution >= 4 is 26.6 Å². The summed E-state index contributed by atoms with van der Waals surface area (Å²) >= 11 is 0. The van der Waals surface area contributed by atoms with Gasteiger partial charge in [-0.25, -0.2) is 13.4 Å². The maximum atomic E-state index is 11.9. The lowest BCUT2D eigenvalue weighted by Crippen LogP contribution is -2.60. The third-order valence-electron chi connectivity index (χ3n) is 9.12. The minimum Gasteiger partial charge on any atom is -0.371 e. The van der Waals surface area contributed by atoms with E-state index < -0.39 is 9.84 Å². The van der Waals surface area contributed by atoms with Crippen LogP contribution in [0.25, 0.3) is 33.7 Å². The quantitative estimate of drug-likeness (QED) is 0.269. The number of hydrogen-bond donors (Lipinski definition) is 0. The highest BCUT2D eigenvalue weighted by Crippen LogP contribution is 2.43. The molecule has 2 saturated heterocycles. The third kappa shape index (κ3) is 5.17. The van der Waals surface area contributed by atoms with Gasteiger partial charge in [0.15, 0.2) is 9.84 Å². The first-order chi connectivity index (χ1) is 19.7. The SMILES string of the molecule is CC(C)CN1CC2(CCN(c3ccc(-c4cc5c(cn4)nc(-c4ccc(S(C)(=O)=O)cc4)n5C4CC4)cc3)CC2)C1. The molecular formula is C33H39N5O2S. The zero-order valence-corrected chi connectivity index (χ0v) is 25.1. The van der Waals surface area contributed by atoms with Crippen molar-refractivity contribution in [2.24, 2.45) is 11.3 Å². The van der Waals surface area contributed by atoms with Crippen molar-refractivity contribution in [3.8, 4) is 22.6 Å². The minimum atomic E-state index is -3.24. The van der Waals surface area contributed by atoms with Gasteiger partial charge in [-0.3, -0.25) is 4.98 Å². The van der Waals surface area contributed by atoms with Crippen LogP contribution >= 0.6 is 0 Å². The number of piperidine rings is 1. The van der Waals surface area contributed by atoms with Gasteiger partial charge in [0, 0.05) is 61.8 Å². The van der Waals surface area contributed by atoms with Gasteiger partial charge in [-0.05, 0) is 79.5 Å². The van der Waals surface area contributed by atoms with Crippen LogP contribution in [0.3, 0.4) is 0 Å². The van der Waals surface area contributed by atoms with E-state index in [0.717, 1.165) is 65.5 Å². The van der Waals surface area contributed by atoms with E-state index in [1.54, 1.807) is 12.1 Å². The second kappa shape index (κ2) is 9.95. The first-order valence-electron chi connectivity index (χ1n) is 14.9. The van der Waals surface area contributed by atoms with E-state index in [9.17, 15) is 8.42 Å². The molecule has 41 heavy (non-hydrogen) atoms. The molecule has 0 radical (unpaired) electrons. The molecule has 3 fully saturated rings. The van der Waals surface area contributed by atoms with Crippen molar-refractivity contribution in [3.63, 3.8) is 0 Å². The van der Waals surface area contributed by atoms with E-state index in [2.05, 4.69) is 58.5 Å². The normalized spacial score (nSPS) is 19.3. The van der Waals surface area contributed by atoms with E-state index in [1.165, 1.54) is 44.4 Å². The minimum absolute atomic E-state index is 0.322. The Bertz CT molecular complexity index is 1670. The highest BCUT2D eigenvalue weighted by molar-refractivity contribution is 7.90. The molecule has 1 spiro atoms. The molecule has 7 nitrogen and oxygen atoms in total. The van der Waals surface area contributed by atoms with Gasteiger partial charge < -0.3 is 14.4 Å². The number of pyridine rings is 1. The molecule has 1 aliphatic carbocycles. The van der Waals surface area contributed by atoms with Crippen LogP contribution < -0.4 is 4.90 Å². The van der Waals surface area contributed by atoms with Crippen molar-refractivity contribution in [2.75, 3.05) is 43.9 Å². The van der Waals surface area contributed by atoms with Gasteiger partial charge in [0.1, 0.15) is 11.3 Å². The number of fused-ring (bicyclic) bond motifs is 1. The zero-order chi connectivity index (χ0) is 28.4. The highest BCUT2D eigenvalue weighted by Gasteiger charge is 2.44. The van der Waals surface area contributed by atoms with Crippen molar-refractivity contribution in [1.29, 1.82) is 0 Å². The van der Waals surface area contributed by atoms with Gasteiger partial charge in [0.2, 0.25) is 0 Å². The van der Waals surface area contributed by atoms with Crippen molar-refractivity contribution in [2.45, 2.75) is 50.5 Å². The summed E-state index contributed by atoms with van der Waals surface area (Å²) in [6, 6.07) is 18.5. The Kier molecular flexibility index (Phi) is 6.47. The van der Waals surface area contributed by atoms with Crippen molar-refractivity contribution in [3.05, 3.63) is 60.8 Å². The van der Waals surface area contributed by atoms with Gasteiger partial charge in [0.05, 0.1) is 22.3 Å². The molecule has 2 aliphatic heterocycles. The lowest BCUT2D eigenvalue weighted by molar-refractivity contribution is -0.0247. The molecule has 0 N–H and O–H groups in total. The topological polar surface area (TPSA) is 71.3 Å². The Hall–Kier alpha value is -3.23. The number of rotatable bonds is 7. The van der Waals surface area contributed by atoms with Crippen LogP contribution in [-0.2, 0) is 9.84 Å². The van der Waals surface area contributed by atoms with E-state index in [0.29, 0.717) is 16.4 Å². The average molecular weight is 570 g/mol. The predicted molar refractivity (Wildman–Crippen MR) is 165 cm³/mol. The smallest absolute Gasteiger partial charge is 0.175 e. The van der Waals surface area contributed by atoms with Gasteiger partial charge in [-0.1, -0.05) is 26.0 Å². The van der Waals surface area contributed by atoms with Gasteiger partial charge in [0.25, 0.3) is 0 Å². The van der Waals surface area contributed by atoms with Gasteiger partial charge in [-0.2, -0.15) is 0 Å². The molecule has 2 aromatic carbocycles. The van der Waals surface area contributed by atoms with Gasteiger partial charge >= 0.3 is 0 Å². The summed E-state index contributed by atoms with van der Waals surface area (Å²) in [4.78, 5) is 15.2. The van der Waals surface area contributed by atoms with Crippen LogP contribution in [-0.4, -0.2) is 66.8 Å². The molecule has 3 aliphatic rings. The summed E-state index contributed by atoms with van der Waals surface area (Å²) in [5.74, 6) is 1.62. The maximum Gasteiger partial charge on any atom is 0.175 e. The fourth-order valence-corrected chi connectivity index (χ4v) is 7.49. The molecule has 4 heterocycles. The molecule has 4 aromatic rings. The molecule has 0 unspecified atom stereocenters. The van der Waals surface area contributed by atoms with E-state index in [1.807, 2.05) is 18.3 Å². The molecule has 0 amide bonds. The number of aromatic nitrogens is 3. The maximum absolute atomic E-state index is 11.9. The first kappa shape index (κ1) is 26.7. The van der Waals surface area contributed by atoms with E-state index >= 15 is 0 Å². The standard InChI is InChI=1S/C33H39N5O2S/c1-23(2)20-36-21-33(22-36)14-16-37(17-15-33)26-8-4-24(5-9-26)29-18-31-30(19-34-29)35-32(38(31)27-10-11-27)25-6-12-28(13-7-25)41(3,39)40/h4-9,12-13,18-19,23,27H,10-11,14-17,20-22H2,1-3H3. The third-order valence-corrected chi connectivity index (χ3v) is 10.3. The Balaban J connectivity index is 1.10.